The summed E-state index contributed by atoms with van der Waals surface area (Å²) in [6, 6.07) is 108. The summed E-state index contributed by atoms with van der Waals surface area (Å²) in [5.74, 6) is 0. The first-order valence-electron chi connectivity index (χ1n) is 38.3. The minimum Gasteiger partial charge on any atom is -0.310 e. The van der Waals surface area contributed by atoms with E-state index < -0.39 is 0 Å². The van der Waals surface area contributed by atoms with Crippen LogP contribution in [0.4, 0.5) is 34.1 Å². The van der Waals surface area contributed by atoms with Crippen LogP contribution in [0.1, 0.15) is 158 Å². The van der Waals surface area contributed by atoms with E-state index in [0.29, 0.717) is 0 Å². The van der Waals surface area contributed by atoms with Crippen molar-refractivity contribution in [2.24, 2.45) is 0 Å². The summed E-state index contributed by atoms with van der Waals surface area (Å²) in [7, 11) is 0. The molecule has 0 atom stereocenters. The number of fused-ring (bicyclic) bond motifs is 7. The third-order valence-electron chi connectivity index (χ3n) is 22.6. The zero-order valence-corrected chi connectivity index (χ0v) is 65.5. The van der Waals surface area contributed by atoms with Crippen LogP contribution in [0, 0.1) is 0 Å². The first kappa shape index (κ1) is 69.7. The number of anilines is 6. The minimum absolute atomic E-state index is 0.139. The number of aromatic nitrogens is 1. The lowest BCUT2D eigenvalue weighted by Gasteiger charge is -2.46. The molecule has 1 aromatic heterocycles. The van der Waals surface area contributed by atoms with E-state index in [4.69, 9.17) is 0 Å². The summed E-state index contributed by atoms with van der Waals surface area (Å²) < 4.78 is 2.54. The lowest BCUT2D eigenvalue weighted by Crippen LogP contribution is -2.61. The first-order valence-corrected chi connectivity index (χ1v) is 38.3. The van der Waals surface area contributed by atoms with Crippen molar-refractivity contribution < 1.29 is 0 Å². The largest absolute Gasteiger partial charge is 0.310 e. The van der Waals surface area contributed by atoms with Gasteiger partial charge in [0, 0.05) is 67.0 Å². The van der Waals surface area contributed by atoms with Crippen LogP contribution in [0.3, 0.4) is 0 Å². The smallest absolute Gasteiger partial charge is 0.252 e. The Labute approximate surface area is 631 Å². The lowest BCUT2D eigenvalue weighted by atomic mass is 9.33. The highest BCUT2D eigenvalue weighted by Crippen LogP contribution is 2.56. The molecule has 0 saturated carbocycles. The van der Waals surface area contributed by atoms with Crippen molar-refractivity contribution in [3.05, 3.63) is 312 Å². The van der Waals surface area contributed by atoms with Crippen LogP contribution < -0.4 is 26.2 Å². The molecule has 0 aliphatic carbocycles. The fourth-order valence-corrected chi connectivity index (χ4v) is 16.5. The van der Waals surface area contributed by atoms with Crippen molar-refractivity contribution in [1.29, 1.82) is 0 Å². The van der Waals surface area contributed by atoms with Crippen molar-refractivity contribution in [2.45, 2.75) is 157 Å². The molecule has 16 rings (SSSR count). The second-order valence-corrected chi connectivity index (χ2v) is 36.3. The minimum atomic E-state index is -0.194. The van der Waals surface area contributed by atoms with E-state index in [9.17, 15) is 0 Å². The van der Waals surface area contributed by atoms with Gasteiger partial charge in [-0.2, -0.15) is 0 Å². The molecule has 2 aliphatic rings. The molecular formula is C102H100BN3. The Kier molecular flexibility index (Phi) is 16.8. The maximum Gasteiger partial charge on any atom is 0.252 e. The molecule has 3 heterocycles. The third kappa shape index (κ3) is 12.3. The van der Waals surface area contributed by atoms with Gasteiger partial charge in [-0.25, -0.2) is 0 Å². The number of hydrogen-bond donors (Lipinski definition) is 0. The fraction of sp³-hybridized carbons (Fsp3) is 0.235. The molecule has 3 nitrogen and oxygen atoms in total. The highest BCUT2D eigenvalue weighted by molar-refractivity contribution is 7.00. The summed E-state index contributed by atoms with van der Waals surface area (Å²) in [4.78, 5) is 5.52. The van der Waals surface area contributed by atoms with Gasteiger partial charge in [0.25, 0.3) is 6.71 Å². The Morgan fingerprint density at radius 3 is 0.953 bits per heavy atom. The molecule has 0 N–H and O–H groups in total. The van der Waals surface area contributed by atoms with Gasteiger partial charge in [-0.3, -0.25) is 0 Å². The predicted octanol–water partition coefficient (Wildman–Crippen LogP) is 26.7. The Balaban J connectivity index is 1.15. The third-order valence-corrected chi connectivity index (χ3v) is 22.6. The van der Waals surface area contributed by atoms with Gasteiger partial charge >= 0.3 is 0 Å². The first-order chi connectivity index (χ1) is 50.4. The Bertz CT molecular complexity index is 5350. The van der Waals surface area contributed by atoms with Crippen molar-refractivity contribution in [2.75, 3.05) is 9.80 Å². The zero-order chi connectivity index (χ0) is 74.3. The number of benzene rings is 13. The van der Waals surface area contributed by atoms with E-state index in [1.54, 1.807) is 0 Å². The highest BCUT2D eigenvalue weighted by Gasteiger charge is 2.47. The van der Waals surface area contributed by atoms with E-state index in [2.05, 4.69) is 418 Å². The van der Waals surface area contributed by atoms with Crippen LogP contribution in [0.25, 0.3) is 94.3 Å². The van der Waals surface area contributed by atoms with E-state index in [-0.39, 0.29) is 39.2 Å². The van der Waals surface area contributed by atoms with E-state index in [1.165, 1.54) is 139 Å². The molecule has 4 heteroatoms. The predicted molar refractivity (Wildman–Crippen MR) is 460 cm³/mol. The molecule has 0 unspecified atom stereocenters. The van der Waals surface area contributed by atoms with Crippen molar-refractivity contribution in [1.82, 2.24) is 4.57 Å². The van der Waals surface area contributed by atoms with Crippen molar-refractivity contribution in [3.63, 3.8) is 0 Å². The lowest BCUT2D eigenvalue weighted by molar-refractivity contribution is 0.569. The van der Waals surface area contributed by atoms with Crippen LogP contribution in [-0.4, -0.2) is 11.3 Å². The molecule has 526 valence electrons. The Hall–Kier alpha value is -10.7. The second-order valence-electron chi connectivity index (χ2n) is 36.3. The second kappa shape index (κ2) is 25.5. The molecule has 0 saturated heterocycles. The monoisotopic (exact) mass is 1380 g/mol. The quantitative estimate of drug-likeness (QED) is 0.133. The maximum atomic E-state index is 2.76. The standard InChI is InChI=1S/C102H100BN3/c1-97(2,3)72-48-50-86-89(63-72)105(94-81(65-36-24-19-25-37-65)59-76(101(13,14)15)60-82(94)66-38-26-20-27-39-66)91-56-70(69-54-80(71-52-74(99(7,8)9)58-75(53-71)100(10,11)12)96-85(55-69)79-46-34-35-47-88(79)104(96)78-44-32-23-33-45-78)57-92-93(91)103(86)87-51-49-73(98(4,5)6)64-90(87)106(92)95-83(67-40-28-21-29-41-67)61-77(102(16,17)18)62-84(95)68-42-30-22-31-43-68/h19-64H,1-18H3. The average molecular weight is 1380 g/mol. The summed E-state index contributed by atoms with van der Waals surface area (Å²) in [5.41, 5.74) is 35.0. The van der Waals surface area contributed by atoms with E-state index in [0.717, 1.165) is 39.6 Å². The van der Waals surface area contributed by atoms with Crippen LogP contribution >= 0.6 is 0 Å². The summed E-state index contributed by atoms with van der Waals surface area (Å²) >= 11 is 0. The average Bonchev–Trinajstić information content (AvgIpc) is 0.791. The normalized spacial score (nSPS) is 13.3. The topological polar surface area (TPSA) is 11.4 Å². The molecule has 0 spiro atoms. The highest BCUT2D eigenvalue weighted by atomic mass is 15.2. The summed E-state index contributed by atoms with van der Waals surface area (Å²) in [5, 5.41) is 2.41. The molecule has 106 heavy (non-hydrogen) atoms. The van der Waals surface area contributed by atoms with Crippen LogP contribution in [0.15, 0.2) is 279 Å². The van der Waals surface area contributed by atoms with Crippen LogP contribution in [-0.2, 0) is 32.5 Å². The Morgan fingerprint density at radius 1 is 0.236 bits per heavy atom. The maximum absolute atomic E-state index is 2.76. The molecule has 0 radical (unpaired) electrons. The van der Waals surface area contributed by atoms with Crippen LogP contribution in [0.5, 0.6) is 0 Å². The van der Waals surface area contributed by atoms with Gasteiger partial charge in [-0.05, 0) is 200 Å². The van der Waals surface area contributed by atoms with Gasteiger partial charge < -0.3 is 14.4 Å². The van der Waals surface area contributed by atoms with Crippen LogP contribution in [0.2, 0.25) is 0 Å². The Morgan fingerprint density at radius 2 is 0.575 bits per heavy atom. The van der Waals surface area contributed by atoms with Gasteiger partial charge in [0.2, 0.25) is 0 Å². The van der Waals surface area contributed by atoms with Crippen molar-refractivity contribution in [3.8, 4) is 72.4 Å². The summed E-state index contributed by atoms with van der Waals surface area (Å²) in [6.07, 6.45) is 0. The van der Waals surface area contributed by atoms with Gasteiger partial charge in [-0.1, -0.05) is 325 Å². The van der Waals surface area contributed by atoms with Crippen molar-refractivity contribution >= 4 is 79.0 Å². The van der Waals surface area contributed by atoms with Gasteiger partial charge in [-0.15, -0.1) is 0 Å². The molecular weight excluding hydrogens is 1280 g/mol. The zero-order valence-electron chi connectivity index (χ0n) is 65.5. The molecule has 2 aliphatic heterocycles. The molecule has 0 fully saturated rings. The fourth-order valence-electron chi connectivity index (χ4n) is 16.5. The number of hydrogen-bond acceptors (Lipinski definition) is 2. The SMILES string of the molecule is CC(C)(C)c1cc(-c2cc(-c3cc4c5c(c3)N(c3c(-c6ccccc6)cc(C(C)(C)C)cc3-c3ccccc3)c3cc(C(C)(C)C)ccc3B5c3ccc(C(C)(C)C)cc3N4c3c(-c4ccccc4)cc(C(C)(C)C)cc3-c3ccccc3)cc3c4ccccc4n(-c4ccccc4)c23)cc(C(C)(C)C)c1. The van der Waals surface area contributed by atoms with Gasteiger partial charge in [0.05, 0.1) is 22.4 Å². The molecule has 0 amide bonds. The summed E-state index contributed by atoms with van der Waals surface area (Å²) in [6.45, 7) is 42.5. The number of para-hydroxylation sites is 2. The number of rotatable bonds is 9. The van der Waals surface area contributed by atoms with Gasteiger partial charge in [0.1, 0.15) is 0 Å². The number of nitrogens with zero attached hydrogens (tertiary/aromatic N) is 3. The molecule has 14 aromatic rings. The van der Waals surface area contributed by atoms with E-state index >= 15 is 0 Å². The molecule has 0 bridgehead atoms. The van der Waals surface area contributed by atoms with Gasteiger partial charge in [0.15, 0.2) is 0 Å². The molecule has 13 aromatic carbocycles. The van der Waals surface area contributed by atoms with E-state index in [1.807, 2.05) is 0 Å².